The molecule has 2 rings (SSSR count). The summed E-state index contributed by atoms with van der Waals surface area (Å²) < 4.78 is 5.41. The Kier molecular flexibility index (Phi) is 2.27. The van der Waals surface area contributed by atoms with Crippen LogP contribution < -0.4 is 5.32 Å². The van der Waals surface area contributed by atoms with E-state index in [2.05, 4.69) is 24.4 Å². The van der Waals surface area contributed by atoms with Crippen LogP contribution in [-0.4, -0.2) is 0 Å². The van der Waals surface area contributed by atoms with Gasteiger partial charge in [0.15, 0.2) is 5.88 Å². The summed E-state index contributed by atoms with van der Waals surface area (Å²) in [5.41, 5.74) is 2.30. The van der Waals surface area contributed by atoms with E-state index in [-0.39, 0.29) is 0 Å². The minimum absolute atomic E-state index is 0.784. The molecule has 1 N–H and O–H groups in total. The van der Waals surface area contributed by atoms with Gasteiger partial charge in [-0.3, -0.25) is 0 Å². The molecular formula is C12H13NO. The van der Waals surface area contributed by atoms with Crippen LogP contribution in [0.2, 0.25) is 0 Å². The van der Waals surface area contributed by atoms with Crippen LogP contribution in [0.15, 0.2) is 40.8 Å². The first-order valence-corrected chi connectivity index (χ1v) is 4.64. The summed E-state index contributed by atoms with van der Waals surface area (Å²) in [5, 5.41) is 3.19. The Morgan fingerprint density at radius 3 is 2.21 bits per heavy atom. The molecule has 0 fully saturated rings. The summed E-state index contributed by atoms with van der Waals surface area (Å²) in [5.74, 6) is 1.70. The molecule has 0 bridgehead atoms. The van der Waals surface area contributed by atoms with Crippen LogP contribution in [-0.2, 0) is 0 Å². The van der Waals surface area contributed by atoms with Crippen LogP contribution in [0, 0.1) is 13.8 Å². The number of anilines is 2. The lowest BCUT2D eigenvalue weighted by Gasteiger charge is -2.02. The molecule has 0 radical (unpaired) electrons. The van der Waals surface area contributed by atoms with Gasteiger partial charge in [0.1, 0.15) is 5.76 Å². The topological polar surface area (TPSA) is 25.2 Å². The van der Waals surface area contributed by atoms with Crippen LogP contribution in [0.4, 0.5) is 11.6 Å². The first-order valence-electron chi connectivity index (χ1n) is 4.64. The fraction of sp³-hybridized carbons (Fsp3) is 0.167. The molecule has 14 heavy (non-hydrogen) atoms. The van der Waals surface area contributed by atoms with Gasteiger partial charge in [-0.25, -0.2) is 0 Å². The van der Waals surface area contributed by atoms with Gasteiger partial charge >= 0.3 is 0 Å². The molecule has 0 unspecified atom stereocenters. The Balaban J connectivity index is 2.15. The van der Waals surface area contributed by atoms with E-state index in [0.29, 0.717) is 0 Å². The van der Waals surface area contributed by atoms with E-state index >= 15 is 0 Å². The van der Waals surface area contributed by atoms with Crippen molar-refractivity contribution in [3.8, 4) is 0 Å². The zero-order valence-corrected chi connectivity index (χ0v) is 8.37. The minimum atomic E-state index is 0.784. The largest absolute Gasteiger partial charge is 0.446 e. The van der Waals surface area contributed by atoms with E-state index in [0.717, 1.165) is 17.3 Å². The van der Waals surface area contributed by atoms with E-state index in [9.17, 15) is 0 Å². The molecule has 1 aromatic carbocycles. The van der Waals surface area contributed by atoms with Crippen LogP contribution in [0.3, 0.4) is 0 Å². The average molecular weight is 187 g/mol. The summed E-state index contributed by atoms with van der Waals surface area (Å²) in [7, 11) is 0. The van der Waals surface area contributed by atoms with Gasteiger partial charge < -0.3 is 9.73 Å². The third-order valence-electron chi connectivity index (χ3n) is 2.06. The first kappa shape index (κ1) is 8.88. The standard InChI is InChI=1S/C12H13NO/c1-9-3-6-11(7-4-9)13-12-8-5-10(2)14-12/h3-8,13H,1-2H3. The highest BCUT2D eigenvalue weighted by Gasteiger charge is 1.97. The quantitative estimate of drug-likeness (QED) is 0.776. The van der Waals surface area contributed by atoms with E-state index in [1.165, 1.54) is 5.56 Å². The normalized spacial score (nSPS) is 10.1. The zero-order valence-electron chi connectivity index (χ0n) is 8.37. The number of benzene rings is 1. The number of rotatable bonds is 2. The lowest BCUT2D eigenvalue weighted by Crippen LogP contribution is -1.87. The van der Waals surface area contributed by atoms with Crippen molar-refractivity contribution in [2.75, 3.05) is 5.32 Å². The lowest BCUT2D eigenvalue weighted by atomic mass is 10.2. The maximum absolute atomic E-state index is 5.41. The lowest BCUT2D eigenvalue weighted by molar-refractivity contribution is 0.551. The molecule has 0 atom stereocenters. The number of nitrogens with one attached hydrogen (secondary N) is 1. The SMILES string of the molecule is Cc1ccc(Nc2ccc(C)o2)cc1. The zero-order chi connectivity index (χ0) is 9.97. The van der Waals surface area contributed by atoms with Crippen molar-refractivity contribution in [2.24, 2.45) is 0 Å². The van der Waals surface area contributed by atoms with Gasteiger partial charge in [0.25, 0.3) is 0 Å². The molecule has 1 aromatic heterocycles. The van der Waals surface area contributed by atoms with Crippen molar-refractivity contribution in [3.63, 3.8) is 0 Å². The van der Waals surface area contributed by atoms with Crippen molar-refractivity contribution in [2.45, 2.75) is 13.8 Å². The van der Waals surface area contributed by atoms with Gasteiger partial charge in [-0.2, -0.15) is 0 Å². The predicted molar refractivity (Wildman–Crippen MR) is 57.9 cm³/mol. The van der Waals surface area contributed by atoms with E-state index < -0.39 is 0 Å². The second kappa shape index (κ2) is 3.58. The van der Waals surface area contributed by atoms with E-state index in [1.807, 2.05) is 31.2 Å². The molecule has 2 aromatic rings. The van der Waals surface area contributed by atoms with Crippen molar-refractivity contribution in [1.29, 1.82) is 0 Å². The second-order valence-corrected chi connectivity index (χ2v) is 3.40. The monoisotopic (exact) mass is 187 g/mol. The van der Waals surface area contributed by atoms with E-state index in [1.54, 1.807) is 0 Å². The summed E-state index contributed by atoms with van der Waals surface area (Å²) in [4.78, 5) is 0. The molecule has 0 aliphatic rings. The molecule has 0 amide bonds. The van der Waals surface area contributed by atoms with Crippen molar-refractivity contribution in [1.82, 2.24) is 0 Å². The number of hydrogen-bond donors (Lipinski definition) is 1. The molecule has 0 aliphatic heterocycles. The summed E-state index contributed by atoms with van der Waals surface area (Å²) in [6.45, 7) is 4.00. The molecule has 2 nitrogen and oxygen atoms in total. The third kappa shape index (κ3) is 1.96. The molecule has 72 valence electrons. The van der Waals surface area contributed by atoms with Gasteiger partial charge in [0.05, 0.1) is 0 Å². The molecule has 0 aliphatic carbocycles. The molecule has 0 spiro atoms. The Bertz CT molecular complexity index is 414. The highest BCUT2D eigenvalue weighted by molar-refractivity contribution is 5.55. The number of furan rings is 1. The van der Waals surface area contributed by atoms with Gasteiger partial charge in [-0.05, 0) is 32.0 Å². The maximum Gasteiger partial charge on any atom is 0.197 e. The Morgan fingerprint density at radius 2 is 1.64 bits per heavy atom. The van der Waals surface area contributed by atoms with E-state index in [4.69, 9.17) is 4.42 Å². The maximum atomic E-state index is 5.41. The highest BCUT2D eigenvalue weighted by atomic mass is 16.4. The third-order valence-corrected chi connectivity index (χ3v) is 2.06. The Morgan fingerprint density at radius 1 is 0.929 bits per heavy atom. The summed E-state index contributed by atoms with van der Waals surface area (Å²) in [6, 6.07) is 12.1. The Hall–Kier alpha value is -1.70. The molecule has 0 saturated carbocycles. The summed E-state index contributed by atoms with van der Waals surface area (Å²) in [6.07, 6.45) is 0. The fourth-order valence-electron chi connectivity index (χ4n) is 1.28. The predicted octanol–water partition coefficient (Wildman–Crippen LogP) is 3.64. The van der Waals surface area contributed by atoms with Crippen LogP contribution in [0.1, 0.15) is 11.3 Å². The average Bonchev–Trinajstić information content (AvgIpc) is 2.56. The Labute approximate surface area is 83.6 Å². The fourth-order valence-corrected chi connectivity index (χ4v) is 1.28. The molecule has 2 heteroatoms. The summed E-state index contributed by atoms with van der Waals surface area (Å²) >= 11 is 0. The minimum Gasteiger partial charge on any atom is -0.446 e. The van der Waals surface area contributed by atoms with Crippen LogP contribution in [0.5, 0.6) is 0 Å². The second-order valence-electron chi connectivity index (χ2n) is 3.40. The highest BCUT2D eigenvalue weighted by Crippen LogP contribution is 2.18. The van der Waals surface area contributed by atoms with Gasteiger partial charge in [0.2, 0.25) is 0 Å². The van der Waals surface area contributed by atoms with Crippen molar-refractivity contribution >= 4 is 11.6 Å². The first-order chi connectivity index (χ1) is 6.74. The number of hydrogen-bond acceptors (Lipinski definition) is 2. The number of aryl methyl sites for hydroxylation is 2. The van der Waals surface area contributed by atoms with Gasteiger partial charge in [-0.1, -0.05) is 17.7 Å². The molecular weight excluding hydrogens is 174 g/mol. The van der Waals surface area contributed by atoms with Crippen LogP contribution >= 0.6 is 0 Å². The van der Waals surface area contributed by atoms with Crippen molar-refractivity contribution in [3.05, 3.63) is 47.7 Å². The van der Waals surface area contributed by atoms with Gasteiger partial charge in [-0.15, -0.1) is 0 Å². The van der Waals surface area contributed by atoms with Crippen LogP contribution in [0.25, 0.3) is 0 Å². The van der Waals surface area contributed by atoms with Crippen molar-refractivity contribution < 1.29 is 4.42 Å². The molecule has 0 saturated heterocycles. The van der Waals surface area contributed by atoms with Gasteiger partial charge in [0, 0.05) is 11.8 Å². The molecule has 1 heterocycles. The smallest absolute Gasteiger partial charge is 0.197 e.